The van der Waals surface area contributed by atoms with E-state index in [-0.39, 0.29) is 0 Å². The molecule has 0 saturated heterocycles. The van der Waals surface area contributed by atoms with Crippen LogP contribution in [0.25, 0.3) is 0 Å². The highest BCUT2D eigenvalue weighted by Crippen LogP contribution is 2.24. The van der Waals surface area contributed by atoms with Gasteiger partial charge in [0.2, 0.25) is 0 Å². The summed E-state index contributed by atoms with van der Waals surface area (Å²) in [5.41, 5.74) is -0.416. The smallest absolute Gasteiger partial charge is 0.328 e. The summed E-state index contributed by atoms with van der Waals surface area (Å²) in [6.45, 7) is 4.08. The van der Waals surface area contributed by atoms with E-state index < -0.39 is 11.5 Å². The maximum absolute atomic E-state index is 11.2. The molecule has 1 atom stereocenters. The summed E-state index contributed by atoms with van der Waals surface area (Å²) < 4.78 is 5.35. The summed E-state index contributed by atoms with van der Waals surface area (Å²) >= 11 is 0. The van der Waals surface area contributed by atoms with E-state index in [0.29, 0.717) is 17.9 Å². The van der Waals surface area contributed by atoms with Crippen LogP contribution in [-0.4, -0.2) is 24.7 Å². The summed E-state index contributed by atoms with van der Waals surface area (Å²) in [7, 11) is 1.63. The van der Waals surface area contributed by atoms with E-state index >= 15 is 0 Å². The second-order valence-corrected chi connectivity index (χ2v) is 3.64. The van der Waals surface area contributed by atoms with E-state index in [1.54, 1.807) is 32.2 Å². The summed E-state index contributed by atoms with van der Waals surface area (Å²) in [5, 5.41) is 12.0. The first-order chi connectivity index (χ1) is 7.54. The van der Waals surface area contributed by atoms with Crippen molar-refractivity contribution in [1.82, 2.24) is 5.32 Å². The Balaban J connectivity index is 3.11. The molecule has 2 N–H and O–H groups in total. The van der Waals surface area contributed by atoms with Gasteiger partial charge in [-0.15, -0.1) is 0 Å². The van der Waals surface area contributed by atoms with Crippen molar-refractivity contribution >= 4 is 5.97 Å². The van der Waals surface area contributed by atoms with Crippen LogP contribution in [-0.2, 0) is 10.3 Å². The third-order valence-electron chi connectivity index (χ3n) is 2.65. The molecule has 0 aliphatic carbocycles. The highest BCUT2D eigenvalue weighted by Gasteiger charge is 2.33. The van der Waals surface area contributed by atoms with Gasteiger partial charge in [-0.3, -0.25) is 0 Å². The van der Waals surface area contributed by atoms with Gasteiger partial charge in [-0.05, 0) is 38.6 Å². The molecule has 0 saturated carbocycles. The zero-order valence-corrected chi connectivity index (χ0v) is 9.78. The van der Waals surface area contributed by atoms with Gasteiger partial charge in [-0.25, -0.2) is 4.79 Å². The molecule has 0 aliphatic heterocycles. The number of ether oxygens (including phenoxy) is 1. The molecule has 1 aromatic rings. The molecule has 1 aromatic carbocycles. The van der Waals surface area contributed by atoms with E-state index in [0.717, 1.165) is 0 Å². The lowest BCUT2D eigenvalue weighted by atomic mass is 9.92. The highest BCUT2D eigenvalue weighted by atomic mass is 16.5. The van der Waals surface area contributed by atoms with Crippen LogP contribution in [0, 0.1) is 0 Å². The number of carboxylic acids is 1. The standard InChI is InChI=1S/C12H17NO3/c1-4-16-10-7-5-6-9(8-10)12(2,13-3)11(14)15/h5-8,13H,4H2,1-3H3,(H,14,15)/t12-/m1/s1. The summed E-state index contributed by atoms with van der Waals surface area (Å²) in [6.07, 6.45) is 0. The molecule has 0 bridgehead atoms. The Kier molecular flexibility index (Phi) is 3.90. The predicted molar refractivity (Wildman–Crippen MR) is 61.7 cm³/mol. The number of carboxylic acid groups (broad SMARTS) is 1. The normalized spacial score (nSPS) is 14.2. The molecule has 0 amide bonds. The Bertz CT molecular complexity index is 378. The average Bonchev–Trinajstić information content (AvgIpc) is 2.28. The predicted octanol–water partition coefficient (Wildman–Crippen LogP) is 1.60. The quantitative estimate of drug-likeness (QED) is 0.796. The van der Waals surface area contributed by atoms with Crippen molar-refractivity contribution in [2.75, 3.05) is 13.7 Å². The van der Waals surface area contributed by atoms with Gasteiger partial charge in [0, 0.05) is 0 Å². The minimum atomic E-state index is -1.09. The second-order valence-electron chi connectivity index (χ2n) is 3.64. The van der Waals surface area contributed by atoms with Crippen LogP contribution in [0.15, 0.2) is 24.3 Å². The Morgan fingerprint density at radius 1 is 1.56 bits per heavy atom. The number of likely N-dealkylation sites (N-methyl/N-ethyl adjacent to an activating group) is 1. The van der Waals surface area contributed by atoms with Crippen molar-refractivity contribution in [1.29, 1.82) is 0 Å². The highest BCUT2D eigenvalue weighted by molar-refractivity contribution is 5.80. The Morgan fingerprint density at radius 2 is 2.25 bits per heavy atom. The molecule has 0 radical (unpaired) electrons. The number of aliphatic carboxylic acids is 1. The largest absolute Gasteiger partial charge is 0.494 e. The van der Waals surface area contributed by atoms with Crippen LogP contribution in [0.4, 0.5) is 0 Å². The average molecular weight is 223 g/mol. The third-order valence-corrected chi connectivity index (χ3v) is 2.65. The van der Waals surface area contributed by atoms with Gasteiger partial charge < -0.3 is 15.2 Å². The monoisotopic (exact) mass is 223 g/mol. The summed E-state index contributed by atoms with van der Waals surface area (Å²) in [6, 6.07) is 7.12. The van der Waals surface area contributed by atoms with Crippen LogP contribution in [0.3, 0.4) is 0 Å². The number of hydrogen-bond donors (Lipinski definition) is 2. The molecule has 0 aliphatic rings. The molecule has 0 unspecified atom stereocenters. The fourth-order valence-corrected chi connectivity index (χ4v) is 1.44. The molecular formula is C12H17NO3. The van der Waals surface area contributed by atoms with Gasteiger partial charge in [0.25, 0.3) is 0 Å². The zero-order valence-electron chi connectivity index (χ0n) is 9.78. The zero-order chi connectivity index (χ0) is 12.2. The van der Waals surface area contributed by atoms with E-state index in [9.17, 15) is 9.90 Å². The van der Waals surface area contributed by atoms with Gasteiger partial charge in [0.1, 0.15) is 11.3 Å². The van der Waals surface area contributed by atoms with E-state index in [1.165, 1.54) is 0 Å². The first-order valence-corrected chi connectivity index (χ1v) is 5.20. The summed E-state index contributed by atoms with van der Waals surface area (Å²) in [4.78, 5) is 11.2. The molecule has 0 fully saturated rings. The molecule has 0 spiro atoms. The van der Waals surface area contributed by atoms with Crippen LogP contribution >= 0.6 is 0 Å². The van der Waals surface area contributed by atoms with E-state index in [2.05, 4.69) is 5.32 Å². The molecule has 0 aromatic heterocycles. The van der Waals surface area contributed by atoms with Crippen LogP contribution < -0.4 is 10.1 Å². The lowest BCUT2D eigenvalue weighted by Crippen LogP contribution is -2.44. The Labute approximate surface area is 95.2 Å². The second kappa shape index (κ2) is 4.99. The van der Waals surface area contributed by atoms with E-state index in [4.69, 9.17) is 4.74 Å². The van der Waals surface area contributed by atoms with Crippen molar-refractivity contribution in [2.45, 2.75) is 19.4 Å². The van der Waals surface area contributed by atoms with Gasteiger partial charge in [-0.2, -0.15) is 0 Å². The van der Waals surface area contributed by atoms with Crippen molar-refractivity contribution < 1.29 is 14.6 Å². The minimum absolute atomic E-state index is 0.562. The van der Waals surface area contributed by atoms with Gasteiger partial charge in [0.15, 0.2) is 0 Å². The Hall–Kier alpha value is -1.55. The van der Waals surface area contributed by atoms with Crippen molar-refractivity contribution in [3.8, 4) is 5.75 Å². The fourth-order valence-electron chi connectivity index (χ4n) is 1.44. The third kappa shape index (κ3) is 2.33. The van der Waals surface area contributed by atoms with Crippen LogP contribution in [0.1, 0.15) is 19.4 Å². The molecule has 0 heterocycles. The number of nitrogens with one attached hydrogen (secondary N) is 1. The molecular weight excluding hydrogens is 206 g/mol. The molecule has 88 valence electrons. The van der Waals surface area contributed by atoms with Gasteiger partial charge >= 0.3 is 5.97 Å². The maximum Gasteiger partial charge on any atom is 0.328 e. The lowest BCUT2D eigenvalue weighted by molar-refractivity contribution is -0.144. The molecule has 4 heteroatoms. The van der Waals surface area contributed by atoms with E-state index in [1.807, 2.05) is 13.0 Å². The van der Waals surface area contributed by atoms with Crippen molar-refractivity contribution in [3.05, 3.63) is 29.8 Å². The molecule has 4 nitrogen and oxygen atoms in total. The first-order valence-electron chi connectivity index (χ1n) is 5.20. The molecule has 16 heavy (non-hydrogen) atoms. The fraction of sp³-hybridized carbons (Fsp3) is 0.417. The van der Waals surface area contributed by atoms with Crippen LogP contribution in [0.5, 0.6) is 5.75 Å². The SMILES string of the molecule is CCOc1cccc([C@@](C)(NC)C(=O)O)c1. The number of rotatable bonds is 5. The summed E-state index contributed by atoms with van der Waals surface area (Å²) in [5.74, 6) is -0.230. The van der Waals surface area contributed by atoms with Gasteiger partial charge in [-0.1, -0.05) is 12.1 Å². The minimum Gasteiger partial charge on any atom is -0.494 e. The molecule has 1 rings (SSSR count). The number of hydrogen-bond acceptors (Lipinski definition) is 3. The lowest BCUT2D eigenvalue weighted by Gasteiger charge is -2.25. The first kappa shape index (κ1) is 12.5. The Morgan fingerprint density at radius 3 is 2.75 bits per heavy atom. The van der Waals surface area contributed by atoms with Crippen molar-refractivity contribution in [2.24, 2.45) is 0 Å². The number of carbonyl (C=O) groups is 1. The number of benzene rings is 1. The van der Waals surface area contributed by atoms with Crippen LogP contribution in [0.2, 0.25) is 0 Å². The maximum atomic E-state index is 11.2. The van der Waals surface area contributed by atoms with Gasteiger partial charge in [0.05, 0.1) is 6.61 Å². The van der Waals surface area contributed by atoms with Crippen molar-refractivity contribution in [3.63, 3.8) is 0 Å². The topological polar surface area (TPSA) is 58.6 Å².